The number of rotatable bonds is 7. The molecule has 0 heterocycles. The Morgan fingerprint density at radius 2 is 1.61 bits per heavy atom. The predicted molar refractivity (Wildman–Crippen MR) is 99.2 cm³/mol. The van der Waals surface area contributed by atoms with E-state index in [2.05, 4.69) is 24.4 Å². The third-order valence-electron chi connectivity index (χ3n) is 4.26. The normalized spacial score (nSPS) is 14.3. The second-order valence-electron chi connectivity index (χ2n) is 5.84. The summed E-state index contributed by atoms with van der Waals surface area (Å²) in [6.45, 7) is 4.53. The van der Waals surface area contributed by atoms with E-state index in [0.717, 1.165) is 5.56 Å². The molecule has 0 saturated carbocycles. The molecule has 0 aliphatic rings. The second kappa shape index (κ2) is 8.85. The van der Waals surface area contributed by atoms with Crippen molar-refractivity contribution in [1.82, 2.24) is 5.32 Å². The Morgan fingerprint density at radius 3 is 2.13 bits per heavy atom. The van der Waals surface area contributed by atoms with Crippen LogP contribution in [-0.4, -0.2) is 17.6 Å². The van der Waals surface area contributed by atoms with E-state index in [9.17, 15) is 9.90 Å². The largest absolute Gasteiger partial charge is 0.481 e. The smallest absolute Gasteiger partial charge is 0.313 e. The van der Waals surface area contributed by atoms with E-state index in [1.54, 1.807) is 6.92 Å². The summed E-state index contributed by atoms with van der Waals surface area (Å²) in [6, 6.07) is 19.8. The molecule has 0 aromatic heterocycles. The Kier molecular flexibility index (Phi) is 7.46. The number of halogens is 1. The lowest BCUT2D eigenvalue weighted by Gasteiger charge is -2.26. The minimum atomic E-state index is -0.870. The first-order valence-electron chi connectivity index (χ1n) is 7.61. The molecule has 0 bridgehead atoms. The summed E-state index contributed by atoms with van der Waals surface area (Å²) < 4.78 is 0. The quantitative estimate of drug-likeness (QED) is 0.753. The number of benzene rings is 2. The van der Waals surface area contributed by atoms with Crippen molar-refractivity contribution < 1.29 is 9.90 Å². The van der Waals surface area contributed by atoms with Crippen LogP contribution in [0.1, 0.15) is 37.4 Å². The molecule has 4 heteroatoms. The van der Waals surface area contributed by atoms with Crippen LogP contribution in [0.15, 0.2) is 60.7 Å². The maximum atomic E-state index is 11.7. The van der Waals surface area contributed by atoms with Gasteiger partial charge in [-0.1, -0.05) is 60.7 Å². The van der Waals surface area contributed by atoms with E-state index < -0.39 is 11.4 Å². The highest BCUT2D eigenvalue weighted by Crippen LogP contribution is 2.28. The Labute approximate surface area is 148 Å². The lowest BCUT2D eigenvalue weighted by molar-refractivity contribution is -0.143. The van der Waals surface area contributed by atoms with Crippen molar-refractivity contribution in [2.45, 2.75) is 31.7 Å². The summed E-state index contributed by atoms with van der Waals surface area (Å²) in [5, 5.41) is 13.1. The summed E-state index contributed by atoms with van der Waals surface area (Å²) in [4.78, 5) is 11.7. The zero-order valence-corrected chi connectivity index (χ0v) is 15.2. The van der Waals surface area contributed by atoms with Crippen molar-refractivity contribution in [2.75, 3.05) is 6.54 Å². The van der Waals surface area contributed by atoms with Crippen LogP contribution >= 0.6 is 17.0 Å². The molecule has 0 aliphatic heterocycles. The van der Waals surface area contributed by atoms with Gasteiger partial charge in [-0.3, -0.25) is 4.79 Å². The van der Waals surface area contributed by atoms with E-state index in [-0.39, 0.29) is 23.0 Å². The third-order valence-corrected chi connectivity index (χ3v) is 4.26. The van der Waals surface area contributed by atoms with Gasteiger partial charge < -0.3 is 10.4 Å². The number of carboxylic acid groups (broad SMARTS) is 1. The lowest BCUT2D eigenvalue weighted by atomic mass is 9.79. The highest BCUT2D eigenvalue weighted by atomic mass is 79.9. The first-order chi connectivity index (χ1) is 10.5. The number of nitrogens with one attached hydrogen (secondary N) is 1. The molecule has 3 nitrogen and oxygen atoms in total. The molecule has 0 radical (unpaired) electrons. The molecule has 0 amide bonds. The third kappa shape index (κ3) is 4.91. The average molecular weight is 378 g/mol. The average Bonchev–Trinajstić information content (AvgIpc) is 2.56. The first kappa shape index (κ1) is 19.4. The van der Waals surface area contributed by atoms with E-state index in [1.165, 1.54) is 5.56 Å². The van der Waals surface area contributed by atoms with Gasteiger partial charge in [0.2, 0.25) is 0 Å². The Balaban J connectivity index is 0.00000264. The zero-order valence-electron chi connectivity index (χ0n) is 13.5. The molecular formula is C19H24BrNO2. The molecule has 2 N–H and O–H groups in total. The molecule has 23 heavy (non-hydrogen) atoms. The van der Waals surface area contributed by atoms with E-state index in [4.69, 9.17) is 0 Å². The molecule has 0 saturated heterocycles. The summed E-state index contributed by atoms with van der Waals surface area (Å²) in [5.41, 5.74) is 1.18. The fourth-order valence-corrected chi connectivity index (χ4v) is 2.58. The van der Waals surface area contributed by atoms with Gasteiger partial charge in [-0.25, -0.2) is 0 Å². The molecule has 2 aromatic carbocycles. The fraction of sp³-hybridized carbons (Fsp3) is 0.316. The molecule has 0 aliphatic carbocycles. The minimum absolute atomic E-state index is 0. The highest BCUT2D eigenvalue weighted by molar-refractivity contribution is 8.93. The molecule has 0 fully saturated rings. The Morgan fingerprint density at radius 1 is 1.09 bits per heavy atom. The predicted octanol–water partition coefficient (Wildman–Crippen LogP) is 4.35. The van der Waals surface area contributed by atoms with E-state index in [1.807, 2.05) is 48.5 Å². The van der Waals surface area contributed by atoms with Crippen LogP contribution in [0.4, 0.5) is 0 Å². The minimum Gasteiger partial charge on any atom is -0.481 e. The van der Waals surface area contributed by atoms with Crippen LogP contribution < -0.4 is 5.32 Å². The van der Waals surface area contributed by atoms with Crippen LogP contribution in [0.25, 0.3) is 0 Å². The standard InChI is InChI=1S/C19H23NO2.BrH/c1-15(16-9-5-3-6-10-16)20-14-13-19(2,18(21)22)17-11-7-4-8-12-17;/h3-12,15,20H,13-14H2,1-2H3,(H,21,22);1H/t15-,19?;/m0./s1. The van der Waals surface area contributed by atoms with Gasteiger partial charge in [0, 0.05) is 6.04 Å². The van der Waals surface area contributed by atoms with Gasteiger partial charge in [-0.2, -0.15) is 0 Å². The maximum Gasteiger partial charge on any atom is 0.313 e. The summed E-state index contributed by atoms with van der Waals surface area (Å²) in [6.07, 6.45) is 0.545. The highest BCUT2D eigenvalue weighted by Gasteiger charge is 2.34. The second-order valence-corrected chi connectivity index (χ2v) is 5.84. The molecule has 2 rings (SSSR count). The lowest BCUT2D eigenvalue weighted by Crippen LogP contribution is -2.36. The van der Waals surface area contributed by atoms with Gasteiger partial charge in [0.15, 0.2) is 0 Å². The molecular weight excluding hydrogens is 354 g/mol. The number of carbonyl (C=O) groups is 1. The number of hydrogen-bond acceptors (Lipinski definition) is 2. The van der Waals surface area contributed by atoms with Crippen molar-refractivity contribution in [3.8, 4) is 0 Å². The van der Waals surface area contributed by atoms with Crippen molar-refractivity contribution >= 4 is 23.0 Å². The van der Waals surface area contributed by atoms with Crippen LogP contribution in [0.3, 0.4) is 0 Å². The first-order valence-corrected chi connectivity index (χ1v) is 7.61. The van der Waals surface area contributed by atoms with E-state index >= 15 is 0 Å². The van der Waals surface area contributed by atoms with Crippen molar-refractivity contribution in [2.24, 2.45) is 0 Å². The van der Waals surface area contributed by atoms with Gasteiger partial charge in [-0.05, 0) is 37.9 Å². The van der Waals surface area contributed by atoms with Gasteiger partial charge in [-0.15, -0.1) is 17.0 Å². The molecule has 124 valence electrons. The maximum absolute atomic E-state index is 11.7. The van der Waals surface area contributed by atoms with Crippen molar-refractivity contribution in [3.63, 3.8) is 0 Å². The van der Waals surface area contributed by atoms with Crippen molar-refractivity contribution in [3.05, 3.63) is 71.8 Å². The van der Waals surface area contributed by atoms with E-state index in [0.29, 0.717) is 13.0 Å². The van der Waals surface area contributed by atoms with Crippen molar-refractivity contribution in [1.29, 1.82) is 0 Å². The molecule has 1 unspecified atom stereocenters. The van der Waals surface area contributed by atoms with Crippen LogP contribution in [0, 0.1) is 0 Å². The molecule has 2 atom stereocenters. The summed E-state index contributed by atoms with van der Waals surface area (Å²) in [5.74, 6) is -0.784. The topological polar surface area (TPSA) is 49.3 Å². The monoisotopic (exact) mass is 377 g/mol. The van der Waals surface area contributed by atoms with Gasteiger partial charge in [0.05, 0.1) is 5.41 Å². The summed E-state index contributed by atoms with van der Waals surface area (Å²) in [7, 11) is 0. The Bertz CT molecular complexity index is 603. The van der Waals surface area contributed by atoms with Crippen LogP contribution in [-0.2, 0) is 10.2 Å². The van der Waals surface area contributed by atoms with Crippen LogP contribution in [0.5, 0.6) is 0 Å². The zero-order chi connectivity index (χ0) is 16.0. The SMILES string of the molecule is Br.C[C@H](NCCC(C)(C(=O)O)c1ccccc1)c1ccccc1. The molecule has 0 spiro atoms. The fourth-order valence-electron chi connectivity index (χ4n) is 2.58. The van der Waals surface area contributed by atoms with Gasteiger partial charge in [0.25, 0.3) is 0 Å². The number of aliphatic carboxylic acids is 1. The number of carboxylic acids is 1. The van der Waals surface area contributed by atoms with Gasteiger partial charge in [0.1, 0.15) is 0 Å². The Hall–Kier alpha value is -1.65. The summed E-state index contributed by atoms with van der Waals surface area (Å²) >= 11 is 0. The van der Waals surface area contributed by atoms with Crippen LogP contribution in [0.2, 0.25) is 0 Å². The van der Waals surface area contributed by atoms with Gasteiger partial charge >= 0.3 is 5.97 Å². The number of hydrogen-bond donors (Lipinski definition) is 2. The molecule has 2 aromatic rings.